The lowest BCUT2D eigenvalue weighted by Gasteiger charge is -2.23. The van der Waals surface area contributed by atoms with Crippen LogP contribution < -0.4 is 4.72 Å². The lowest BCUT2D eigenvalue weighted by Crippen LogP contribution is -2.33. The molecule has 1 atom stereocenters. The zero-order chi connectivity index (χ0) is 16.7. The molecule has 0 radical (unpaired) electrons. The van der Waals surface area contributed by atoms with Gasteiger partial charge in [-0.1, -0.05) is 35.9 Å². The van der Waals surface area contributed by atoms with Crippen molar-refractivity contribution in [3.05, 3.63) is 53.6 Å². The molecule has 2 aromatic carbocycles. The van der Waals surface area contributed by atoms with Crippen LogP contribution in [-0.2, 0) is 16.6 Å². The largest absolute Gasteiger partial charge is 0.248 e. The fraction of sp³-hybridized carbons (Fsp3) is 0.250. The third-order valence-corrected chi connectivity index (χ3v) is 6.10. The van der Waals surface area contributed by atoms with Crippen LogP contribution in [0.1, 0.15) is 24.7 Å². The van der Waals surface area contributed by atoms with Crippen LogP contribution >= 0.6 is 11.6 Å². The molecule has 2 heterocycles. The highest BCUT2D eigenvalue weighted by atomic mass is 35.5. The third kappa shape index (κ3) is 2.58. The second-order valence-electron chi connectivity index (χ2n) is 5.75. The molecular formula is C16H15ClN4O2S. The number of aromatic nitrogens is 3. The van der Waals surface area contributed by atoms with E-state index < -0.39 is 10.0 Å². The highest BCUT2D eigenvalue weighted by Crippen LogP contribution is 2.31. The molecule has 8 heteroatoms. The monoisotopic (exact) mass is 362 g/mol. The molecule has 0 amide bonds. The van der Waals surface area contributed by atoms with Crippen LogP contribution in [0.3, 0.4) is 0 Å². The van der Waals surface area contributed by atoms with Crippen LogP contribution in [0.25, 0.3) is 10.8 Å². The first-order chi connectivity index (χ1) is 11.6. The number of hydrogen-bond acceptors (Lipinski definition) is 4. The van der Waals surface area contributed by atoms with Gasteiger partial charge in [-0.25, -0.2) is 22.8 Å². The molecule has 6 nitrogen and oxygen atoms in total. The molecule has 24 heavy (non-hydrogen) atoms. The Hall–Kier alpha value is -1.96. The van der Waals surface area contributed by atoms with Crippen molar-refractivity contribution in [1.82, 2.24) is 19.5 Å². The number of rotatable bonds is 3. The van der Waals surface area contributed by atoms with E-state index in [1.165, 1.54) is 6.33 Å². The van der Waals surface area contributed by atoms with Gasteiger partial charge in [0, 0.05) is 22.3 Å². The van der Waals surface area contributed by atoms with Crippen LogP contribution in [0, 0.1) is 0 Å². The summed E-state index contributed by atoms with van der Waals surface area (Å²) in [6.45, 7) is 0.761. The second kappa shape index (κ2) is 5.84. The van der Waals surface area contributed by atoms with Gasteiger partial charge in [0.15, 0.2) is 0 Å². The van der Waals surface area contributed by atoms with Crippen molar-refractivity contribution in [2.75, 3.05) is 0 Å². The lowest BCUT2D eigenvalue weighted by molar-refractivity contribution is 0.400. The minimum atomic E-state index is -3.71. The summed E-state index contributed by atoms with van der Waals surface area (Å²) in [5.41, 5.74) is 0. The number of nitrogens with one attached hydrogen (secondary N) is 1. The Kier molecular flexibility index (Phi) is 3.79. The van der Waals surface area contributed by atoms with Crippen molar-refractivity contribution in [3.8, 4) is 0 Å². The van der Waals surface area contributed by atoms with E-state index in [1.54, 1.807) is 28.9 Å². The third-order valence-electron chi connectivity index (χ3n) is 4.24. The van der Waals surface area contributed by atoms with Gasteiger partial charge in [0.25, 0.3) is 0 Å². The highest BCUT2D eigenvalue weighted by molar-refractivity contribution is 7.89. The molecule has 0 saturated carbocycles. The average molecular weight is 363 g/mol. The van der Waals surface area contributed by atoms with E-state index in [4.69, 9.17) is 11.6 Å². The minimum absolute atomic E-state index is 0.221. The maximum atomic E-state index is 12.9. The maximum absolute atomic E-state index is 12.9. The Morgan fingerprint density at radius 2 is 1.96 bits per heavy atom. The van der Waals surface area contributed by atoms with Crippen LogP contribution in [0.4, 0.5) is 0 Å². The number of aryl methyl sites for hydroxylation is 1. The van der Waals surface area contributed by atoms with Crippen LogP contribution in [-0.4, -0.2) is 23.2 Å². The summed E-state index contributed by atoms with van der Waals surface area (Å²) < 4.78 is 30.4. The number of fused-ring (bicyclic) bond motifs is 2. The molecule has 0 saturated heterocycles. The summed E-state index contributed by atoms with van der Waals surface area (Å²) in [7, 11) is -3.71. The van der Waals surface area contributed by atoms with Gasteiger partial charge in [-0.2, -0.15) is 5.10 Å². The zero-order valence-corrected chi connectivity index (χ0v) is 14.3. The summed E-state index contributed by atoms with van der Waals surface area (Å²) >= 11 is 6.19. The number of benzene rings is 2. The van der Waals surface area contributed by atoms with Gasteiger partial charge >= 0.3 is 0 Å². The first-order valence-corrected chi connectivity index (χ1v) is 9.50. The van der Waals surface area contributed by atoms with Crippen molar-refractivity contribution < 1.29 is 8.42 Å². The van der Waals surface area contributed by atoms with Crippen LogP contribution in [0.5, 0.6) is 0 Å². The summed E-state index contributed by atoms with van der Waals surface area (Å²) in [6, 6.07) is 9.99. The Morgan fingerprint density at radius 3 is 2.79 bits per heavy atom. The molecule has 0 aliphatic carbocycles. The number of sulfonamides is 1. The van der Waals surface area contributed by atoms with Gasteiger partial charge in [-0.05, 0) is 25.0 Å². The fourth-order valence-corrected chi connectivity index (χ4v) is 4.79. The molecule has 0 unspecified atom stereocenters. The summed E-state index contributed by atoms with van der Waals surface area (Å²) in [4.78, 5) is 4.42. The molecule has 0 fully saturated rings. The standard InChI is InChI=1S/C16H15ClN4O2S/c17-13-7-8-15(12-5-2-1-4-11(12)13)24(22,23)20-14-6-3-9-21-16(14)18-10-19-21/h1-2,4-5,7-8,10,14,20H,3,6,9H2/t14-/m1/s1. The minimum Gasteiger partial charge on any atom is -0.248 e. The summed E-state index contributed by atoms with van der Waals surface area (Å²) in [5.74, 6) is 0.656. The van der Waals surface area contributed by atoms with Crippen LogP contribution in [0.2, 0.25) is 5.02 Å². The first kappa shape index (κ1) is 15.6. The number of halogens is 1. The molecule has 3 aromatic rings. The topological polar surface area (TPSA) is 76.9 Å². The van der Waals surface area contributed by atoms with Gasteiger partial charge in [0.1, 0.15) is 12.2 Å². The van der Waals surface area contributed by atoms with E-state index >= 15 is 0 Å². The molecule has 1 aliphatic rings. The summed E-state index contributed by atoms with van der Waals surface area (Å²) in [6.07, 6.45) is 3.01. The van der Waals surface area contributed by atoms with Crippen molar-refractivity contribution in [2.45, 2.75) is 30.3 Å². The molecule has 0 spiro atoms. The highest BCUT2D eigenvalue weighted by Gasteiger charge is 2.28. The van der Waals surface area contributed by atoms with Gasteiger partial charge in [-0.15, -0.1) is 0 Å². The normalized spacial score (nSPS) is 17.8. The smallest absolute Gasteiger partial charge is 0.241 e. The van der Waals surface area contributed by atoms with Crippen molar-refractivity contribution in [3.63, 3.8) is 0 Å². The van der Waals surface area contributed by atoms with Crippen molar-refractivity contribution in [2.24, 2.45) is 0 Å². The molecular weight excluding hydrogens is 348 g/mol. The lowest BCUT2D eigenvalue weighted by atomic mass is 10.1. The maximum Gasteiger partial charge on any atom is 0.241 e. The van der Waals surface area contributed by atoms with Crippen molar-refractivity contribution >= 4 is 32.4 Å². The van der Waals surface area contributed by atoms with E-state index in [-0.39, 0.29) is 10.9 Å². The molecule has 1 aromatic heterocycles. The Morgan fingerprint density at radius 1 is 1.17 bits per heavy atom. The van der Waals surface area contributed by atoms with Crippen LogP contribution in [0.15, 0.2) is 47.6 Å². The first-order valence-electron chi connectivity index (χ1n) is 7.63. The summed E-state index contributed by atoms with van der Waals surface area (Å²) in [5, 5.41) is 5.98. The fourth-order valence-electron chi connectivity index (χ4n) is 3.12. The van der Waals surface area contributed by atoms with Gasteiger partial charge < -0.3 is 0 Å². The Balaban J connectivity index is 1.76. The van der Waals surface area contributed by atoms with Gasteiger partial charge in [0.05, 0.1) is 10.9 Å². The second-order valence-corrected chi connectivity index (χ2v) is 7.84. The predicted octanol–water partition coefficient (Wildman–Crippen LogP) is 2.90. The quantitative estimate of drug-likeness (QED) is 0.777. The van der Waals surface area contributed by atoms with E-state index in [2.05, 4.69) is 14.8 Å². The van der Waals surface area contributed by atoms with E-state index in [1.807, 2.05) is 12.1 Å². The Labute approximate surface area is 144 Å². The molecule has 4 rings (SSSR count). The average Bonchev–Trinajstić information content (AvgIpc) is 3.05. The predicted molar refractivity (Wildman–Crippen MR) is 91.3 cm³/mol. The molecule has 1 aliphatic heterocycles. The van der Waals surface area contributed by atoms with Gasteiger partial charge in [-0.3, -0.25) is 0 Å². The SMILES string of the molecule is O=S(=O)(N[C@@H]1CCCn2ncnc21)c1ccc(Cl)c2ccccc12. The van der Waals surface area contributed by atoms with E-state index in [0.29, 0.717) is 28.0 Å². The Bertz CT molecular complexity index is 1020. The van der Waals surface area contributed by atoms with E-state index in [0.717, 1.165) is 13.0 Å². The zero-order valence-electron chi connectivity index (χ0n) is 12.7. The van der Waals surface area contributed by atoms with E-state index in [9.17, 15) is 8.42 Å². The molecule has 0 bridgehead atoms. The van der Waals surface area contributed by atoms with Crippen molar-refractivity contribution in [1.29, 1.82) is 0 Å². The molecule has 124 valence electrons. The number of nitrogens with zero attached hydrogens (tertiary/aromatic N) is 3. The number of hydrogen-bond donors (Lipinski definition) is 1. The van der Waals surface area contributed by atoms with Gasteiger partial charge in [0.2, 0.25) is 10.0 Å². The molecule has 1 N–H and O–H groups in total.